The van der Waals surface area contributed by atoms with Crippen LogP contribution < -0.4 is 5.69 Å². The summed E-state index contributed by atoms with van der Waals surface area (Å²) in [5.41, 5.74) is 2.24. The summed E-state index contributed by atoms with van der Waals surface area (Å²) in [5, 5.41) is 0. The largest absolute Gasteiger partial charge is 0.326 e. The van der Waals surface area contributed by atoms with Crippen LogP contribution in [0.5, 0.6) is 0 Å². The van der Waals surface area contributed by atoms with Crippen molar-refractivity contribution < 1.29 is 9.18 Å². The summed E-state index contributed by atoms with van der Waals surface area (Å²) in [6, 6.07) is 16.7. The van der Waals surface area contributed by atoms with Gasteiger partial charge in [-0.3, -0.25) is 9.36 Å². The van der Waals surface area contributed by atoms with E-state index < -0.39 is 6.17 Å². The molecule has 1 saturated heterocycles. The summed E-state index contributed by atoms with van der Waals surface area (Å²) >= 11 is 0. The first kappa shape index (κ1) is 18.6. The van der Waals surface area contributed by atoms with Crippen molar-refractivity contribution in [1.82, 2.24) is 14.5 Å². The number of rotatable bonds is 6. The number of hydrogen-bond donors (Lipinski definition) is 1. The van der Waals surface area contributed by atoms with Crippen LogP contribution in [-0.2, 0) is 0 Å². The number of carbonyl (C=O) groups is 1. The van der Waals surface area contributed by atoms with E-state index in [-0.39, 0.29) is 30.5 Å². The minimum Gasteiger partial charge on any atom is -0.306 e. The third-order valence-corrected chi connectivity index (χ3v) is 5.51. The minimum atomic E-state index is -1.18. The lowest BCUT2D eigenvalue weighted by atomic mass is 10.0. The number of halogens is 1. The Balaban J connectivity index is 1.33. The van der Waals surface area contributed by atoms with Gasteiger partial charge in [-0.25, -0.2) is 9.18 Å². The summed E-state index contributed by atoms with van der Waals surface area (Å²) in [6.45, 7) is 1.70. The van der Waals surface area contributed by atoms with Crippen LogP contribution in [-0.4, -0.2) is 46.0 Å². The van der Waals surface area contributed by atoms with Gasteiger partial charge >= 0.3 is 5.69 Å². The van der Waals surface area contributed by atoms with Gasteiger partial charge in [0.15, 0.2) is 5.78 Å². The number of piperidine rings is 1. The second kappa shape index (κ2) is 8.10. The fourth-order valence-electron chi connectivity index (χ4n) is 4.08. The number of nitrogens with one attached hydrogen (secondary N) is 1. The van der Waals surface area contributed by atoms with Gasteiger partial charge in [-0.05, 0) is 25.0 Å². The topological polar surface area (TPSA) is 58.1 Å². The molecule has 1 unspecified atom stereocenters. The van der Waals surface area contributed by atoms with Crippen LogP contribution in [0.3, 0.4) is 0 Å². The predicted molar refractivity (Wildman–Crippen MR) is 108 cm³/mol. The zero-order valence-corrected chi connectivity index (χ0v) is 15.7. The molecule has 146 valence electrons. The van der Waals surface area contributed by atoms with Crippen molar-refractivity contribution in [3.05, 3.63) is 70.6 Å². The molecule has 0 saturated carbocycles. The van der Waals surface area contributed by atoms with E-state index >= 15 is 0 Å². The van der Waals surface area contributed by atoms with Crippen LogP contribution >= 0.6 is 0 Å². The zero-order chi connectivity index (χ0) is 19.5. The maximum atomic E-state index is 14.4. The molecule has 5 nitrogen and oxygen atoms in total. The summed E-state index contributed by atoms with van der Waals surface area (Å²) in [5.74, 6) is -0.159. The third kappa shape index (κ3) is 3.92. The van der Waals surface area contributed by atoms with E-state index in [1.807, 2.05) is 34.9 Å². The third-order valence-electron chi connectivity index (χ3n) is 5.51. The van der Waals surface area contributed by atoms with Crippen molar-refractivity contribution in [1.29, 1.82) is 0 Å². The number of likely N-dealkylation sites (tertiary alicyclic amines) is 1. The summed E-state index contributed by atoms with van der Waals surface area (Å²) < 4.78 is 16.3. The number of H-pyrrole nitrogens is 1. The van der Waals surface area contributed by atoms with Crippen molar-refractivity contribution in [3.63, 3.8) is 0 Å². The lowest BCUT2D eigenvalue weighted by molar-refractivity contribution is 0.0900. The van der Waals surface area contributed by atoms with Crippen LogP contribution in [0.25, 0.3) is 11.0 Å². The maximum Gasteiger partial charge on any atom is 0.326 e. The van der Waals surface area contributed by atoms with Crippen LogP contribution in [0.2, 0.25) is 0 Å². The standard InChI is InChI=1S/C22H24FN3O2/c23-17(14-21(27)16-6-2-1-3-7-16)15-25-12-10-18(11-13-25)26-20-9-5-4-8-19(20)24-22(26)28/h1-9,17-18H,10-15H2,(H,24,28). The van der Waals surface area contributed by atoms with Gasteiger partial charge in [0.1, 0.15) is 6.17 Å². The Morgan fingerprint density at radius 3 is 2.50 bits per heavy atom. The quantitative estimate of drug-likeness (QED) is 0.664. The van der Waals surface area contributed by atoms with Gasteiger partial charge in [-0.2, -0.15) is 0 Å². The van der Waals surface area contributed by atoms with E-state index in [1.165, 1.54) is 0 Å². The highest BCUT2D eigenvalue weighted by atomic mass is 19.1. The first-order valence-electron chi connectivity index (χ1n) is 9.76. The zero-order valence-electron chi connectivity index (χ0n) is 15.7. The van der Waals surface area contributed by atoms with E-state index in [0.717, 1.165) is 37.0 Å². The van der Waals surface area contributed by atoms with Crippen molar-refractivity contribution in [2.75, 3.05) is 19.6 Å². The number of aromatic nitrogens is 2. The summed E-state index contributed by atoms with van der Waals surface area (Å²) in [7, 11) is 0. The highest BCUT2D eigenvalue weighted by Crippen LogP contribution is 2.25. The van der Waals surface area contributed by atoms with Crippen LogP contribution in [0, 0.1) is 0 Å². The average Bonchev–Trinajstić information content (AvgIpc) is 3.05. The van der Waals surface area contributed by atoms with Crippen molar-refractivity contribution >= 4 is 16.8 Å². The van der Waals surface area contributed by atoms with E-state index in [9.17, 15) is 14.0 Å². The Morgan fingerprint density at radius 2 is 1.75 bits per heavy atom. The van der Waals surface area contributed by atoms with Gasteiger partial charge in [0.05, 0.1) is 11.0 Å². The Kier molecular flexibility index (Phi) is 5.39. The van der Waals surface area contributed by atoms with E-state index in [4.69, 9.17) is 0 Å². The van der Waals surface area contributed by atoms with Gasteiger partial charge in [0.2, 0.25) is 0 Å². The lowest BCUT2D eigenvalue weighted by Gasteiger charge is -2.33. The van der Waals surface area contributed by atoms with Crippen LogP contribution in [0.1, 0.15) is 35.7 Å². The number of ketones is 1. The second-order valence-electron chi connectivity index (χ2n) is 7.44. The summed E-state index contributed by atoms with van der Waals surface area (Å²) in [6.07, 6.45) is 0.314. The van der Waals surface area contributed by atoms with E-state index in [2.05, 4.69) is 9.88 Å². The first-order chi connectivity index (χ1) is 13.6. The SMILES string of the molecule is O=C(CC(F)CN1CCC(n2c(=O)[nH]c3ccccc32)CC1)c1ccccc1. The van der Waals surface area contributed by atoms with Crippen molar-refractivity contribution in [2.24, 2.45) is 0 Å². The summed E-state index contributed by atoms with van der Waals surface area (Å²) in [4.78, 5) is 29.5. The molecule has 0 amide bonds. The molecule has 1 fully saturated rings. The number of benzene rings is 2. The molecule has 2 aromatic carbocycles. The highest BCUT2D eigenvalue weighted by Gasteiger charge is 2.25. The number of fused-ring (bicyclic) bond motifs is 1. The van der Waals surface area contributed by atoms with Crippen LogP contribution in [0.4, 0.5) is 4.39 Å². The molecule has 0 bridgehead atoms. The molecule has 4 rings (SSSR count). The number of carbonyl (C=O) groups excluding carboxylic acids is 1. The molecule has 1 aliphatic rings. The first-order valence-corrected chi connectivity index (χ1v) is 9.76. The molecule has 1 aliphatic heterocycles. The Hall–Kier alpha value is -2.73. The van der Waals surface area contributed by atoms with Gasteiger partial charge in [0.25, 0.3) is 0 Å². The fraction of sp³-hybridized carbons (Fsp3) is 0.364. The molecule has 1 atom stereocenters. The molecular weight excluding hydrogens is 357 g/mol. The molecule has 28 heavy (non-hydrogen) atoms. The number of hydrogen-bond acceptors (Lipinski definition) is 3. The van der Waals surface area contributed by atoms with Gasteiger partial charge in [-0.15, -0.1) is 0 Å². The molecule has 0 aliphatic carbocycles. The molecule has 3 aromatic rings. The average molecular weight is 381 g/mol. The molecule has 0 spiro atoms. The fourth-order valence-corrected chi connectivity index (χ4v) is 4.08. The Labute approximate surface area is 162 Å². The molecule has 6 heteroatoms. The molecule has 0 radical (unpaired) electrons. The number of aromatic amines is 1. The lowest BCUT2D eigenvalue weighted by Crippen LogP contribution is -2.40. The molecule has 1 N–H and O–H groups in total. The molecule has 2 heterocycles. The highest BCUT2D eigenvalue weighted by molar-refractivity contribution is 5.96. The van der Waals surface area contributed by atoms with Crippen molar-refractivity contribution in [2.45, 2.75) is 31.5 Å². The molecule has 1 aromatic heterocycles. The smallest absolute Gasteiger partial charge is 0.306 e. The predicted octanol–water partition coefficient (Wildman–Crippen LogP) is 3.58. The van der Waals surface area contributed by atoms with Gasteiger partial charge in [0, 0.05) is 37.7 Å². The number of para-hydroxylation sites is 2. The Morgan fingerprint density at radius 1 is 1.07 bits per heavy atom. The van der Waals surface area contributed by atoms with Gasteiger partial charge in [-0.1, -0.05) is 42.5 Å². The monoisotopic (exact) mass is 381 g/mol. The van der Waals surface area contributed by atoms with E-state index in [1.54, 1.807) is 24.3 Å². The van der Waals surface area contributed by atoms with Crippen molar-refractivity contribution in [3.8, 4) is 0 Å². The van der Waals surface area contributed by atoms with Crippen LogP contribution in [0.15, 0.2) is 59.4 Å². The number of alkyl halides is 1. The Bertz CT molecular complexity index is 1000. The number of imidazole rings is 1. The molecular formula is C22H24FN3O2. The number of nitrogens with zero attached hydrogens (tertiary/aromatic N) is 2. The second-order valence-corrected chi connectivity index (χ2v) is 7.44. The minimum absolute atomic E-state index is 0.0866. The van der Waals surface area contributed by atoms with Gasteiger partial charge < -0.3 is 9.88 Å². The number of Topliss-reactive ketones (excluding diaryl/α,β-unsaturated/α-hetero) is 1. The van der Waals surface area contributed by atoms with E-state index in [0.29, 0.717) is 5.56 Å². The maximum absolute atomic E-state index is 14.4. The normalized spacial score (nSPS) is 17.0.